The van der Waals surface area contributed by atoms with E-state index in [1.165, 1.54) is 77.0 Å². The Bertz CT molecular complexity index is 133. The summed E-state index contributed by atoms with van der Waals surface area (Å²) in [5.74, 6) is 0. The van der Waals surface area contributed by atoms with E-state index in [0.29, 0.717) is 0 Å². The molecule has 17 heavy (non-hydrogen) atoms. The van der Waals surface area contributed by atoms with Gasteiger partial charge in [-0.15, -0.1) is 0 Å². The second-order valence-corrected chi connectivity index (χ2v) is 5.39. The summed E-state index contributed by atoms with van der Waals surface area (Å²) in [6, 6.07) is 0.775. The smallest absolute Gasteiger partial charge is 0.00640 e. The zero-order valence-corrected chi connectivity index (χ0v) is 12.6. The van der Waals surface area contributed by atoms with Gasteiger partial charge < -0.3 is 5.32 Å². The van der Waals surface area contributed by atoms with E-state index in [2.05, 4.69) is 26.2 Å². The van der Waals surface area contributed by atoms with Crippen LogP contribution in [0.15, 0.2) is 0 Å². The molecule has 104 valence electrons. The first-order valence-electron chi connectivity index (χ1n) is 8.02. The zero-order valence-electron chi connectivity index (χ0n) is 12.6. The van der Waals surface area contributed by atoms with Crippen molar-refractivity contribution in [3.05, 3.63) is 0 Å². The minimum atomic E-state index is 0.775. The minimum Gasteiger partial charge on any atom is -0.317 e. The molecule has 0 saturated carbocycles. The van der Waals surface area contributed by atoms with E-state index in [9.17, 15) is 0 Å². The van der Waals surface area contributed by atoms with Gasteiger partial charge in [0, 0.05) is 6.04 Å². The van der Waals surface area contributed by atoms with Crippen molar-refractivity contribution in [3.63, 3.8) is 0 Å². The summed E-state index contributed by atoms with van der Waals surface area (Å²) < 4.78 is 0. The van der Waals surface area contributed by atoms with Crippen LogP contribution in [0.25, 0.3) is 0 Å². The van der Waals surface area contributed by atoms with Gasteiger partial charge >= 0.3 is 0 Å². The van der Waals surface area contributed by atoms with Gasteiger partial charge in [-0.25, -0.2) is 0 Å². The van der Waals surface area contributed by atoms with Crippen LogP contribution in [0.4, 0.5) is 0 Å². The van der Waals surface area contributed by atoms with E-state index in [0.717, 1.165) is 6.04 Å². The first-order chi connectivity index (χ1) is 8.35. The first kappa shape index (κ1) is 17.0. The lowest BCUT2D eigenvalue weighted by Gasteiger charge is -2.15. The van der Waals surface area contributed by atoms with Crippen molar-refractivity contribution in [1.29, 1.82) is 0 Å². The predicted molar refractivity (Wildman–Crippen MR) is 79.6 cm³/mol. The van der Waals surface area contributed by atoms with Gasteiger partial charge in [0.15, 0.2) is 0 Å². The minimum absolute atomic E-state index is 0.775. The van der Waals surface area contributed by atoms with Crippen LogP contribution in [0.1, 0.15) is 90.9 Å². The van der Waals surface area contributed by atoms with Crippen LogP contribution in [-0.2, 0) is 0 Å². The molecule has 1 heteroatoms. The van der Waals surface area contributed by atoms with Crippen LogP contribution in [0.3, 0.4) is 0 Å². The Morgan fingerprint density at radius 2 is 1.06 bits per heavy atom. The molecule has 0 bridgehead atoms. The molecule has 0 saturated heterocycles. The van der Waals surface area contributed by atoms with Crippen LogP contribution in [0, 0.1) is 0 Å². The van der Waals surface area contributed by atoms with Crippen molar-refractivity contribution in [2.75, 3.05) is 7.05 Å². The molecule has 1 unspecified atom stereocenters. The first-order valence-corrected chi connectivity index (χ1v) is 8.02. The summed E-state index contributed by atoms with van der Waals surface area (Å²) in [7, 11) is 2.12. The average molecular weight is 241 g/mol. The summed E-state index contributed by atoms with van der Waals surface area (Å²) in [6.07, 6.45) is 16.9. The third-order valence-corrected chi connectivity index (χ3v) is 3.72. The average Bonchev–Trinajstić information content (AvgIpc) is 2.35. The maximum atomic E-state index is 3.47. The highest BCUT2D eigenvalue weighted by molar-refractivity contribution is 4.64. The maximum Gasteiger partial charge on any atom is 0.00640 e. The van der Waals surface area contributed by atoms with Crippen molar-refractivity contribution in [2.24, 2.45) is 0 Å². The molecule has 0 aliphatic rings. The molecule has 0 aromatic heterocycles. The number of unbranched alkanes of at least 4 members (excludes halogenated alkanes) is 8. The zero-order chi connectivity index (χ0) is 12.8. The van der Waals surface area contributed by atoms with Gasteiger partial charge in [-0.2, -0.15) is 0 Å². The Labute approximate surface area is 110 Å². The van der Waals surface area contributed by atoms with E-state index >= 15 is 0 Å². The number of hydrogen-bond acceptors (Lipinski definition) is 1. The SMILES string of the molecule is CCCCCCCCCC(CCCCC)NC. The Morgan fingerprint density at radius 1 is 0.647 bits per heavy atom. The molecule has 0 aliphatic carbocycles. The maximum absolute atomic E-state index is 3.47. The van der Waals surface area contributed by atoms with Crippen LogP contribution < -0.4 is 5.32 Å². The Balaban J connectivity index is 3.25. The largest absolute Gasteiger partial charge is 0.317 e. The molecule has 0 heterocycles. The van der Waals surface area contributed by atoms with Gasteiger partial charge in [0.05, 0.1) is 0 Å². The third-order valence-electron chi connectivity index (χ3n) is 3.72. The lowest BCUT2D eigenvalue weighted by atomic mass is 10.0. The Kier molecular flexibility index (Phi) is 14.0. The quantitative estimate of drug-likeness (QED) is 0.432. The van der Waals surface area contributed by atoms with Gasteiger partial charge in [-0.05, 0) is 19.9 Å². The highest BCUT2D eigenvalue weighted by Gasteiger charge is 2.04. The molecule has 0 radical (unpaired) electrons. The molecular formula is C16H35N. The standard InChI is InChI=1S/C16H35N/c1-4-6-8-9-10-11-13-15-16(17-3)14-12-7-5-2/h16-17H,4-15H2,1-3H3. The highest BCUT2D eigenvalue weighted by atomic mass is 14.9. The molecule has 1 N–H and O–H groups in total. The number of hydrogen-bond donors (Lipinski definition) is 1. The lowest BCUT2D eigenvalue weighted by molar-refractivity contribution is 0.440. The van der Waals surface area contributed by atoms with E-state index in [1.807, 2.05) is 0 Å². The fourth-order valence-corrected chi connectivity index (χ4v) is 2.42. The molecule has 0 spiro atoms. The molecule has 0 aromatic rings. The second-order valence-electron chi connectivity index (χ2n) is 5.39. The summed E-state index contributed by atoms with van der Waals surface area (Å²) in [4.78, 5) is 0. The third kappa shape index (κ3) is 12.2. The fraction of sp³-hybridized carbons (Fsp3) is 1.00. The van der Waals surface area contributed by atoms with Crippen molar-refractivity contribution in [3.8, 4) is 0 Å². The molecule has 0 amide bonds. The monoisotopic (exact) mass is 241 g/mol. The van der Waals surface area contributed by atoms with E-state index in [-0.39, 0.29) is 0 Å². The summed E-state index contributed by atoms with van der Waals surface area (Å²) in [5.41, 5.74) is 0. The van der Waals surface area contributed by atoms with Gasteiger partial charge in [-0.1, -0.05) is 78.1 Å². The van der Waals surface area contributed by atoms with Crippen molar-refractivity contribution in [2.45, 2.75) is 96.9 Å². The van der Waals surface area contributed by atoms with E-state index in [1.54, 1.807) is 0 Å². The summed E-state index contributed by atoms with van der Waals surface area (Å²) in [6.45, 7) is 4.57. The molecule has 1 atom stereocenters. The fourth-order valence-electron chi connectivity index (χ4n) is 2.42. The van der Waals surface area contributed by atoms with Crippen molar-refractivity contribution >= 4 is 0 Å². The molecule has 1 nitrogen and oxygen atoms in total. The van der Waals surface area contributed by atoms with Gasteiger partial charge in [0.1, 0.15) is 0 Å². The number of rotatable bonds is 13. The molecule has 0 fully saturated rings. The topological polar surface area (TPSA) is 12.0 Å². The highest BCUT2D eigenvalue weighted by Crippen LogP contribution is 2.12. The van der Waals surface area contributed by atoms with E-state index < -0.39 is 0 Å². The number of nitrogens with one attached hydrogen (secondary N) is 1. The van der Waals surface area contributed by atoms with Gasteiger partial charge in [0.25, 0.3) is 0 Å². The van der Waals surface area contributed by atoms with Crippen LogP contribution >= 0.6 is 0 Å². The summed E-state index contributed by atoms with van der Waals surface area (Å²) >= 11 is 0. The van der Waals surface area contributed by atoms with Crippen molar-refractivity contribution in [1.82, 2.24) is 5.32 Å². The van der Waals surface area contributed by atoms with Gasteiger partial charge in [-0.3, -0.25) is 0 Å². The van der Waals surface area contributed by atoms with Crippen LogP contribution in [0.2, 0.25) is 0 Å². The van der Waals surface area contributed by atoms with E-state index in [4.69, 9.17) is 0 Å². The lowest BCUT2D eigenvalue weighted by Crippen LogP contribution is -2.24. The van der Waals surface area contributed by atoms with Crippen LogP contribution in [0.5, 0.6) is 0 Å². The predicted octanol–water partition coefficient (Wildman–Crippen LogP) is 5.30. The van der Waals surface area contributed by atoms with Crippen molar-refractivity contribution < 1.29 is 0 Å². The molecular weight excluding hydrogens is 206 g/mol. The summed E-state index contributed by atoms with van der Waals surface area (Å²) in [5, 5.41) is 3.47. The molecule has 0 aromatic carbocycles. The Hall–Kier alpha value is -0.0400. The van der Waals surface area contributed by atoms with Gasteiger partial charge in [0.2, 0.25) is 0 Å². The molecule has 0 aliphatic heterocycles. The molecule has 0 rings (SSSR count). The Morgan fingerprint density at radius 3 is 1.59 bits per heavy atom. The second kappa shape index (κ2) is 14.0. The van der Waals surface area contributed by atoms with Crippen LogP contribution in [-0.4, -0.2) is 13.1 Å². The normalized spacial score (nSPS) is 12.9.